The minimum atomic E-state index is -0.161. The fraction of sp³-hybridized carbons (Fsp3) is 0.250. The third kappa shape index (κ3) is 2.25. The lowest BCUT2D eigenvalue weighted by molar-refractivity contribution is 0.104. The van der Waals surface area contributed by atoms with E-state index in [4.69, 9.17) is 0 Å². The van der Waals surface area contributed by atoms with Gasteiger partial charge in [0.05, 0.1) is 0 Å². The molecule has 0 spiro atoms. The van der Waals surface area contributed by atoms with Gasteiger partial charge in [-0.05, 0) is 18.6 Å². The maximum Gasteiger partial charge on any atom is 0.187 e. The predicted molar refractivity (Wildman–Crippen MR) is 91.5 cm³/mol. The molecular weight excluding hydrogens is 270 g/mol. The Morgan fingerprint density at radius 2 is 1.68 bits per heavy atom. The highest BCUT2D eigenvalue weighted by Gasteiger charge is 2.38. The molecule has 0 saturated carbocycles. The van der Waals surface area contributed by atoms with Gasteiger partial charge in [0.15, 0.2) is 5.78 Å². The molecule has 0 atom stereocenters. The zero-order valence-electron chi connectivity index (χ0n) is 13.6. The van der Waals surface area contributed by atoms with Crippen LogP contribution in [0.2, 0.25) is 0 Å². The summed E-state index contributed by atoms with van der Waals surface area (Å²) in [5.74, 6) is 0.0581. The summed E-state index contributed by atoms with van der Waals surface area (Å²) in [4.78, 5) is 14.7. The van der Waals surface area contributed by atoms with Gasteiger partial charge in [-0.3, -0.25) is 4.79 Å². The fourth-order valence-corrected chi connectivity index (χ4v) is 3.18. The number of aryl methyl sites for hydroxylation is 1. The Kier molecular flexibility index (Phi) is 3.40. The van der Waals surface area contributed by atoms with E-state index in [2.05, 4.69) is 36.9 Å². The van der Waals surface area contributed by atoms with Gasteiger partial charge < -0.3 is 4.90 Å². The summed E-state index contributed by atoms with van der Waals surface area (Å²) in [5.41, 5.74) is 5.22. The number of anilines is 1. The molecular formula is C20H21NO. The lowest BCUT2D eigenvalue weighted by atomic mass is 9.83. The molecule has 2 aromatic rings. The first kappa shape index (κ1) is 14.6. The summed E-state index contributed by atoms with van der Waals surface area (Å²) < 4.78 is 0. The molecule has 1 aliphatic rings. The van der Waals surface area contributed by atoms with Crippen molar-refractivity contribution in [3.8, 4) is 0 Å². The van der Waals surface area contributed by atoms with Crippen LogP contribution in [0.1, 0.15) is 35.3 Å². The fourth-order valence-electron chi connectivity index (χ4n) is 3.18. The van der Waals surface area contributed by atoms with E-state index in [0.717, 1.165) is 16.8 Å². The Labute approximate surface area is 132 Å². The second kappa shape index (κ2) is 5.13. The van der Waals surface area contributed by atoms with Gasteiger partial charge in [0, 0.05) is 35.5 Å². The van der Waals surface area contributed by atoms with E-state index >= 15 is 0 Å². The number of nitrogens with zero attached hydrogens (tertiary/aromatic N) is 1. The molecule has 1 aliphatic heterocycles. The molecule has 112 valence electrons. The molecule has 0 saturated heterocycles. The summed E-state index contributed by atoms with van der Waals surface area (Å²) >= 11 is 0. The molecule has 0 unspecified atom stereocenters. The van der Waals surface area contributed by atoms with E-state index in [1.54, 1.807) is 6.08 Å². The summed E-state index contributed by atoms with van der Waals surface area (Å²) in [6.07, 6.45) is 1.78. The van der Waals surface area contributed by atoms with Crippen LogP contribution >= 0.6 is 0 Å². The highest BCUT2D eigenvalue weighted by Crippen LogP contribution is 2.46. The monoisotopic (exact) mass is 291 g/mol. The average molecular weight is 291 g/mol. The van der Waals surface area contributed by atoms with Gasteiger partial charge in [0.1, 0.15) is 0 Å². The Balaban J connectivity index is 2.01. The molecule has 2 nitrogen and oxygen atoms in total. The maximum atomic E-state index is 12.6. The Hall–Kier alpha value is -2.35. The second-order valence-corrected chi connectivity index (χ2v) is 6.46. The number of fused-ring (bicyclic) bond motifs is 1. The van der Waals surface area contributed by atoms with E-state index in [1.165, 1.54) is 11.3 Å². The topological polar surface area (TPSA) is 20.3 Å². The number of carbonyl (C=O) groups is 1. The highest BCUT2D eigenvalue weighted by molar-refractivity contribution is 6.05. The molecule has 0 aliphatic carbocycles. The number of benzene rings is 2. The molecule has 0 N–H and O–H groups in total. The Morgan fingerprint density at radius 3 is 2.32 bits per heavy atom. The second-order valence-electron chi connectivity index (χ2n) is 6.46. The van der Waals surface area contributed by atoms with Gasteiger partial charge in [-0.15, -0.1) is 0 Å². The quantitative estimate of drug-likeness (QED) is 0.600. The number of likely N-dealkylation sites (N-methyl/N-ethyl adjacent to an activating group) is 1. The largest absolute Gasteiger partial charge is 0.347 e. The lowest BCUT2D eigenvalue weighted by Crippen LogP contribution is -2.24. The van der Waals surface area contributed by atoms with E-state index < -0.39 is 0 Å². The van der Waals surface area contributed by atoms with Gasteiger partial charge >= 0.3 is 0 Å². The molecule has 0 aromatic heterocycles. The van der Waals surface area contributed by atoms with Crippen LogP contribution in [0, 0.1) is 6.92 Å². The molecule has 1 heterocycles. The molecule has 0 amide bonds. The van der Waals surface area contributed by atoms with Crippen molar-refractivity contribution in [1.82, 2.24) is 0 Å². The van der Waals surface area contributed by atoms with Crippen molar-refractivity contribution >= 4 is 11.5 Å². The van der Waals surface area contributed by atoms with Crippen molar-refractivity contribution in [1.29, 1.82) is 0 Å². The summed E-state index contributed by atoms with van der Waals surface area (Å²) in [6.45, 7) is 6.37. The Morgan fingerprint density at radius 1 is 1.05 bits per heavy atom. The van der Waals surface area contributed by atoms with Gasteiger partial charge in [-0.25, -0.2) is 0 Å². The standard InChI is InChI=1S/C20H21NO/c1-14-9-11-15(12-10-14)18(22)13-19-20(2,3)16-7-5-6-8-17(16)21(19)4/h5-13H,1-4H3/b19-13+. The van der Waals surface area contributed by atoms with Crippen LogP contribution in [0.25, 0.3) is 0 Å². The minimum absolute atomic E-state index is 0.0581. The zero-order chi connectivity index (χ0) is 15.9. The molecule has 0 radical (unpaired) electrons. The number of ketones is 1. The third-order valence-corrected chi connectivity index (χ3v) is 4.54. The number of hydrogen-bond donors (Lipinski definition) is 0. The smallest absolute Gasteiger partial charge is 0.187 e. The van der Waals surface area contributed by atoms with Crippen molar-refractivity contribution in [3.05, 3.63) is 77.0 Å². The molecule has 0 fully saturated rings. The third-order valence-electron chi connectivity index (χ3n) is 4.54. The SMILES string of the molecule is Cc1ccc(C(=O)/C=C2/N(C)c3ccccc3C2(C)C)cc1. The highest BCUT2D eigenvalue weighted by atomic mass is 16.1. The van der Waals surface area contributed by atoms with Crippen LogP contribution in [0.3, 0.4) is 0 Å². The van der Waals surface area contributed by atoms with Crippen LogP contribution in [-0.4, -0.2) is 12.8 Å². The van der Waals surface area contributed by atoms with E-state index in [1.807, 2.05) is 44.3 Å². The Bertz CT molecular complexity index is 754. The van der Waals surface area contributed by atoms with Crippen molar-refractivity contribution in [2.75, 3.05) is 11.9 Å². The molecule has 2 aromatic carbocycles. The number of allylic oxidation sites excluding steroid dienone is 2. The molecule has 2 heteroatoms. The van der Waals surface area contributed by atoms with Crippen molar-refractivity contribution in [3.63, 3.8) is 0 Å². The summed E-state index contributed by atoms with van der Waals surface area (Å²) in [7, 11) is 2.03. The first-order valence-corrected chi connectivity index (χ1v) is 7.57. The lowest BCUT2D eigenvalue weighted by Gasteiger charge is -2.24. The van der Waals surface area contributed by atoms with E-state index in [0.29, 0.717) is 0 Å². The molecule has 22 heavy (non-hydrogen) atoms. The van der Waals surface area contributed by atoms with E-state index in [9.17, 15) is 4.79 Å². The summed E-state index contributed by atoms with van der Waals surface area (Å²) in [6, 6.07) is 16.1. The van der Waals surface area contributed by atoms with Crippen LogP contribution in [0.4, 0.5) is 5.69 Å². The number of carbonyl (C=O) groups excluding carboxylic acids is 1. The number of hydrogen-bond acceptors (Lipinski definition) is 2. The van der Waals surface area contributed by atoms with Crippen LogP contribution in [0.5, 0.6) is 0 Å². The van der Waals surface area contributed by atoms with E-state index in [-0.39, 0.29) is 11.2 Å². The molecule has 0 bridgehead atoms. The average Bonchev–Trinajstić information content (AvgIpc) is 2.69. The minimum Gasteiger partial charge on any atom is -0.347 e. The van der Waals surface area contributed by atoms with Crippen molar-refractivity contribution in [2.45, 2.75) is 26.2 Å². The first-order chi connectivity index (χ1) is 10.4. The van der Waals surface area contributed by atoms with Gasteiger partial charge in [0.25, 0.3) is 0 Å². The van der Waals surface area contributed by atoms with Gasteiger partial charge in [-0.2, -0.15) is 0 Å². The van der Waals surface area contributed by atoms with Gasteiger partial charge in [0.2, 0.25) is 0 Å². The summed E-state index contributed by atoms with van der Waals surface area (Å²) in [5, 5.41) is 0. The van der Waals surface area contributed by atoms with Crippen molar-refractivity contribution in [2.24, 2.45) is 0 Å². The normalized spacial score (nSPS) is 17.6. The number of rotatable bonds is 2. The first-order valence-electron chi connectivity index (χ1n) is 7.57. The van der Waals surface area contributed by atoms with Crippen LogP contribution in [-0.2, 0) is 5.41 Å². The van der Waals surface area contributed by atoms with Crippen LogP contribution in [0.15, 0.2) is 60.3 Å². The predicted octanol–water partition coefficient (Wildman–Crippen LogP) is 4.49. The maximum absolute atomic E-state index is 12.6. The van der Waals surface area contributed by atoms with Crippen LogP contribution < -0.4 is 4.90 Å². The zero-order valence-corrected chi connectivity index (χ0v) is 13.6. The van der Waals surface area contributed by atoms with Gasteiger partial charge in [-0.1, -0.05) is 61.9 Å². The number of para-hydroxylation sites is 1. The molecule has 3 rings (SSSR count). The van der Waals surface area contributed by atoms with Crippen molar-refractivity contribution < 1.29 is 4.79 Å².